The Kier molecular flexibility index (Phi) is 4.16. The Morgan fingerprint density at radius 2 is 1.67 bits per heavy atom. The molecule has 0 aliphatic rings. The van der Waals surface area contributed by atoms with Crippen LogP contribution >= 0.6 is 0 Å². The fourth-order valence-electron chi connectivity index (χ4n) is 1.68. The molecule has 0 atom stereocenters. The molecular weight excluding hydrogens is 283 g/mol. The maximum absolute atomic E-state index is 12.3. The number of anilines is 1. The fourth-order valence-corrected chi connectivity index (χ4v) is 1.68. The molecule has 110 valence electrons. The molecule has 0 bridgehead atoms. The first-order chi connectivity index (χ1) is 9.85. The van der Waals surface area contributed by atoms with E-state index in [1.54, 1.807) is 24.3 Å². The van der Waals surface area contributed by atoms with E-state index in [9.17, 15) is 18.0 Å². The van der Waals surface area contributed by atoms with E-state index in [0.29, 0.717) is 5.56 Å². The highest BCUT2D eigenvalue weighted by atomic mass is 19.4. The number of hydrogen-bond donors (Lipinski definition) is 1. The van der Waals surface area contributed by atoms with Gasteiger partial charge in [-0.3, -0.25) is 4.79 Å². The molecule has 2 aromatic rings. The van der Waals surface area contributed by atoms with Crippen molar-refractivity contribution in [2.24, 2.45) is 0 Å². The Bertz CT molecular complexity index is 636. The normalized spacial score (nSPS) is 11.0. The minimum absolute atomic E-state index is 0.0413. The molecule has 0 unspecified atom stereocenters. The molecular formula is C15H12F3NO2. The monoisotopic (exact) mass is 295 g/mol. The van der Waals surface area contributed by atoms with Crippen molar-refractivity contribution in [2.75, 3.05) is 5.32 Å². The number of benzene rings is 2. The lowest BCUT2D eigenvalue weighted by Gasteiger charge is -2.13. The largest absolute Gasteiger partial charge is 0.573 e. The molecule has 0 spiro atoms. The van der Waals surface area contributed by atoms with E-state index in [4.69, 9.17) is 0 Å². The van der Waals surface area contributed by atoms with E-state index in [1.807, 2.05) is 6.92 Å². The van der Waals surface area contributed by atoms with Crippen molar-refractivity contribution >= 4 is 11.6 Å². The summed E-state index contributed by atoms with van der Waals surface area (Å²) in [5.41, 5.74) is 1.29. The lowest BCUT2D eigenvalue weighted by molar-refractivity contribution is -0.274. The van der Waals surface area contributed by atoms with Gasteiger partial charge in [-0.2, -0.15) is 0 Å². The van der Waals surface area contributed by atoms with Crippen molar-refractivity contribution in [1.29, 1.82) is 0 Å². The van der Waals surface area contributed by atoms with Crippen molar-refractivity contribution in [2.45, 2.75) is 13.3 Å². The van der Waals surface area contributed by atoms with Crippen LogP contribution in [0.5, 0.6) is 5.75 Å². The second-order valence-corrected chi connectivity index (χ2v) is 4.36. The number of hydrogen-bond acceptors (Lipinski definition) is 2. The molecule has 0 heterocycles. The average molecular weight is 295 g/mol. The van der Waals surface area contributed by atoms with Crippen LogP contribution in [0.1, 0.15) is 15.9 Å². The van der Waals surface area contributed by atoms with Crippen LogP contribution in [0.3, 0.4) is 0 Å². The summed E-state index contributed by atoms with van der Waals surface area (Å²) < 4.78 is 40.7. The molecule has 0 saturated carbocycles. The number of halogens is 3. The van der Waals surface area contributed by atoms with Gasteiger partial charge in [0, 0.05) is 5.56 Å². The van der Waals surface area contributed by atoms with Gasteiger partial charge in [-0.1, -0.05) is 29.8 Å². The molecule has 21 heavy (non-hydrogen) atoms. The number of rotatable bonds is 3. The SMILES string of the molecule is Cc1ccc(C(=O)Nc2ccccc2OC(F)(F)F)cc1. The number of carbonyl (C=O) groups excluding carboxylic acids is 1. The van der Waals surface area contributed by atoms with E-state index < -0.39 is 18.0 Å². The number of nitrogens with one attached hydrogen (secondary N) is 1. The van der Waals surface area contributed by atoms with Crippen molar-refractivity contribution in [3.05, 3.63) is 59.7 Å². The first-order valence-corrected chi connectivity index (χ1v) is 6.08. The summed E-state index contributed by atoms with van der Waals surface area (Å²) in [4.78, 5) is 12.0. The van der Waals surface area contributed by atoms with Crippen LogP contribution in [0.2, 0.25) is 0 Å². The lowest BCUT2D eigenvalue weighted by Crippen LogP contribution is -2.19. The predicted octanol–water partition coefficient (Wildman–Crippen LogP) is 4.15. The van der Waals surface area contributed by atoms with Gasteiger partial charge in [0.25, 0.3) is 5.91 Å². The summed E-state index contributed by atoms with van der Waals surface area (Å²) in [6.45, 7) is 1.87. The summed E-state index contributed by atoms with van der Waals surface area (Å²) in [5, 5.41) is 2.40. The Morgan fingerprint density at radius 3 is 2.29 bits per heavy atom. The first-order valence-electron chi connectivity index (χ1n) is 6.08. The number of alkyl halides is 3. The molecule has 2 rings (SSSR count). The van der Waals surface area contributed by atoms with Crippen LogP contribution in [0, 0.1) is 6.92 Å². The van der Waals surface area contributed by atoms with Crippen LogP contribution in [-0.4, -0.2) is 12.3 Å². The summed E-state index contributed by atoms with van der Waals surface area (Å²) in [5.74, 6) is -0.960. The van der Waals surface area contributed by atoms with Gasteiger partial charge in [0.15, 0.2) is 5.75 Å². The molecule has 0 aromatic heterocycles. The van der Waals surface area contributed by atoms with Crippen LogP contribution in [0.15, 0.2) is 48.5 Å². The van der Waals surface area contributed by atoms with Crippen molar-refractivity contribution in [1.82, 2.24) is 0 Å². The van der Waals surface area contributed by atoms with Crippen molar-refractivity contribution in [3.8, 4) is 5.75 Å². The zero-order chi connectivity index (χ0) is 15.5. The quantitative estimate of drug-likeness (QED) is 0.924. The molecule has 0 saturated heterocycles. The van der Waals surface area contributed by atoms with Gasteiger partial charge < -0.3 is 10.1 Å². The standard InChI is InChI=1S/C15H12F3NO2/c1-10-6-8-11(9-7-10)14(20)19-12-4-2-3-5-13(12)21-15(16,17)18/h2-9H,1H3,(H,19,20). The lowest BCUT2D eigenvalue weighted by atomic mass is 10.1. The van der Waals surface area contributed by atoms with Gasteiger partial charge in [-0.25, -0.2) is 0 Å². The maximum atomic E-state index is 12.3. The third-order valence-electron chi connectivity index (χ3n) is 2.67. The Labute approximate surface area is 119 Å². The van der Waals surface area contributed by atoms with Gasteiger partial charge in [0.1, 0.15) is 0 Å². The zero-order valence-electron chi connectivity index (χ0n) is 11.1. The van der Waals surface area contributed by atoms with Gasteiger partial charge in [0.05, 0.1) is 5.69 Å². The van der Waals surface area contributed by atoms with Gasteiger partial charge >= 0.3 is 6.36 Å². The highest BCUT2D eigenvalue weighted by Crippen LogP contribution is 2.30. The first kappa shape index (κ1) is 14.9. The number of amides is 1. The summed E-state index contributed by atoms with van der Waals surface area (Å²) in [6.07, 6.45) is -4.81. The smallest absolute Gasteiger partial charge is 0.404 e. The minimum atomic E-state index is -4.81. The minimum Gasteiger partial charge on any atom is -0.404 e. The molecule has 0 radical (unpaired) electrons. The van der Waals surface area contributed by atoms with E-state index in [2.05, 4.69) is 10.1 Å². The van der Waals surface area contributed by atoms with E-state index in [1.165, 1.54) is 18.2 Å². The summed E-state index contributed by atoms with van der Waals surface area (Å²) in [6, 6.07) is 12.1. The molecule has 0 fully saturated rings. The molecule has 3 nitrogen and oxygen atoms in total. The topological polar surface area (TPSA) is 38.3 Å². The van der Waals surface area contributed by atoms with E-state index >= 15 is 0 Å². The third-order valence-corrected chi connectivity index (χ3v) is 2.67. The number of carbonyl (C=O) groups is 1. The Morgan fingerprint density at radius 1 is 1.05 bits per heavy atom. The molecule has 2 aromatic carbocycles. The third kappa shape index (κ3) is 4.24. The second-order valence-electron chi connectivity index (χ2n) is 4.36. The molecule has 1 amide bonds. The molecule has 1 N–H and O–H groups in total. The maximum Gasteiger partial charge on any atom is 0.573 e. The highest BCUT2D eigenvalue weighted by Gasteiger charge is 2.32. The van der Waals surface area contributed by atoms with Crippen LogP contribution < -0.4 is 10.1 Å². The Balaban J connectivity index is 2.19. The zero-order valence-corrected chi connectivity index (χ0v) is 11.1. The molecule has 0 aliphatic carbocycles. The van der Waals surface area contributed by atoms with Crippen molar-refractivity contribution < 1.29 is 22.7 Å². The molecule has 0 aliphatic heterocycles. The van der Waals surface area contributed by atoms with Gasteiger partial charge in [0.2, 0.25) is 0 Å². The Hall–Kier alpha value is -2.50. The molecule has 6 heteroatoms. The van der Waals surface area contributed by atoms with Gasteiger partial charge in [-0.05, 0) is 31.2 Å². The number of ether oxygens (including phenoxy) is 1. The van der Waals surface area contributed by atoms with Gasteiger partial charge in [-0.15, -0.1) is 13.2 Å². The predicted molar refractivity (Wildman–Crippen MR) is 72.3 cm³/mol. The van der Waals surface area contributed by atoms with E-state index in [0.717, 1.165) is 11.6 Å². The number of para-hydroxylation sites is 2. The summed E-state index contributed by atoms with van der Waals surface area (Å²) >= 11 is 0. The highest BCUT2D eigenvalue weighted by molar-refractivity contribution is 6.05. The number of aryl methyl sites for hydroxylation is 1. The van der Waals surface area contributed by atoms with Crippen molar-refractivity contribution in [3.63, 3.8) is 0 Å². The second kappa shape index (κ2) is 5.87. The van der Waals surface area contributed by atoms with E-state index in [-0.39, 0.29) is 5.69 Å². The van der Waals surface area contributed by atoms with Crippen LogP contribution in [0.4, 0.5) is 18.9 Å². The van der Waals surface area contributed by atoms with Crippen LogP contribution in [0.25, 0.3) is 0 Å². The van der Waals surface area contributed by atoms with Crippen LogP contribution in [-0.2, 0) is 0 Å². The fraction of sp³-hybridized carbons (Fsp3) is 0.133. The summed E-state index contributed by atoms with van der Waals surface area (Å²) in [7, 11) is 0. The average Bonchev–Trinajstić information content (AvgIpc) is 2.40.